The first-order valence-corrected chi connectivity index (χ1v) is 6.59. The lowest BCUT2D eigenvalue weighted by atomic mass is 9.92. The van der Waals surface area contributed by atoms with E-state index in [9.17, 15) is 0 Å². The molecule has 0 aromatic heterocycles. The van der Waals surface area contributed by atoms with Crippen molar-refractivity contribution in [1.29, 1.82) is 0 Å². The highest BCUT2D eigenvalue weighted by atomic mass is 14.7. The van der Waals surface area contributed by atoms with Crippen LogP contribution < -0.4 is 5.73 Å². The van der Waals surface area contributed by atoms with Crippen molar-refractivity contribution in [2.24, 2.45) is 17.6 Å². The van der Waals surface area contributed by atoms with Crippen molar-refractivity contribution in [2.75, 3.05) is 0 Å². The lowest BCUT2D eigenvalue weighted by Crippen LogP contribution is -2.30. The number of nitrogens with two attached hydrogens (primary N) is 1. The molecule has 1 aromatic carbocycles. The summed E-state index contributed by atoms with van der Waals surface area (Å²) in [4.78, 5) is 0. The maximum atomic E-state index is 6.33. The standard InChI is InChI=1S/C15H23N/c1-2-12-8-9-14(10-12)15(16)11-13-6-4-3-5-7-13/h3-7,12,14-15H,2,8-11,16H2,1H3. The molecular formula is C15H23N. The van der Waals surface area contributed by atoms with E-state index in [1.807, 2.05) is 0 Å². The zero-order valence-electron chi connectivity index (χ0n) is 10.2. The minimum atomic E-state index is 0.360. The Kier molecular flexibility index (Phi) is 4.00. The van der Waals surface area contributed by atoms with Crippen molar-refractivity contribution >= 4 is 0 Å². The summed E-state index contributed by atoms with van der Waals surface area (Å²) in [5.41, 5.74) is 7.71. The Balaban J connectivity index is 1.87. The van der Waals surface area contributed by atoms with Crippen LogP contribution in [0.2, 0.25) is 0 Å². The summed E-state index contributed by atoms with van der Waals surface area (Å²) in [6, 6.07) is 11.0. The first kappa shape index (κ1) is 11.7. The largest absolute Gasteiger partial charge is 0.327 e. The van der Waals surface area contributed by atoms with Gasteiger partial charge >= 0.3 is 0 Å². The highest BCUT2D eigenvalue weighted by Gasteiger charge is 2.27. The minimum Gasteiger partial charge on any atom is -0.327 e. The Hall–Kier alpha value is -0.820. The van der Waals surface area contributed by atoms with Crippen molar-refractivity contribution in [3.05, 3.63) is 35.9 Å². The second kappa shape index (κ2) is 5.49. The van der Waals surface area contributed by atoms with Gasteiger partial charge in [0.25, 0.3) is 0 Å². The van der Waals surface area contributed by atoms with Crippen LogP contribution in [0.25, 0.3) is 0 Å². The van der Waals surface area contributed by atoms with Gasteiger partial charge in [0.15, 0.2) is 0 Å². The molecule has 0 amide bonds. The van der Waals surface area contributed by atoms with Crippen molar-refractivity contribution in [3.8, 4) is 0 Å². The predicted octanol–water partition coefficient (Wildman–Crippen LogP) is 3.38. The monoisotopic (exact) mass is 217 g/mol. The molecule has 0 bridgehead atoms. The summed E-state index contributed by atoms with van der Waals surface area (Å²) in [7, 11) is 0. The summed E-state index contributed by atoms with van der Waals surface area (Å²) in [6.45, 7) is 2.30. The van der Waals surface area contributed by atoms with Gasteiger partial charge in [-0.05, 0) is 36.7 Å². The van der Waals surface area contributed by atoms with E-state index in [1.54, 1.807) is 0 Å². The van der Waals surface area contributed by atoms with E-state index in [2.05, 4.69) is 37.3 Å². The highest BCUT2D eigenvalue weighted by molar-refractivity contribution is 5.16. The molecule has 0 radical (unpaired) electrons. The average Bonchev–Trinajstić information content (AvgIpc) is 2.79. The molecule has 2 rings (SSSR count). The summed E-state index contributed by atoms with van der Waals surface area (Å²) in [5.74, 6) is 1.69. The molecule has 1 aromatic rings. The second-order valence-corrected chi connectivity index (χ2v) is 5.20. The van der Waals surface area contributed by atoms with Gasteiger partial charge in [0.1, 0.15) is 0 Å². The van der Waals surface area contributed by atoms with Crippen LogP contribution in [0.4, 0.5) is 0 Å². The van der Waals surface area contributed by atoms with Gasteiger partial charge in [-0.25, -0.2) is 0 Å². The van der Waals surface area contributed by atoms with E-state index in [0.717, 1.165) is 18.3 Å². The van der Waals surface area contributed by atoms with E-state index in [-0.39, 0.29) is 0 Å². The SMILES string of the molecule is CCC1CCC(C(N)Cc2ccccc2)C1. The van der Waals surface area contributed by atoms with E-state index >= 15 is 0 Å². The van der Waals surface area contributed by atoms with Crippen molar-refractivity contribution in [3.63, 3.8) is 0 Å². The second-order valence-electron chi connectivity index (χ2n) is 5.20. The fourth-order valence-electron chi connectivity index (χ4n) is 2.93. The van der Waals surface area contributed by atoms with Crippen LogP contribution in [0.15, 0.2) is 30.3 Å². The van der Waals surface area contributed by atoms with Crippen LogP contribution in [0.3, 0.4) is 0 Å². The molecule has 1 heteroatoms. The first-order valence-electron chi connectivity index (χ1n) is 6.59. The van der Waals surface area contributed by atoms with E-state index in [0.29, 0.717) is 6.04 Å². The maximum Gasteiger partial charge on any atom is 0.0108 e. The summed E-state index contributed by atoms with van der Waals surface area (Å²) < 4.78 is 0. The quantitative estimate of drug-likeness (QED) is 0.822. The Bertz CT molecular complexity index is 306. The lowest BCUT2D eigenvalue weighted by Gasteiger charge is -2.19. The van der Waals surface area contributed by atoms with Gasteiger partial charge in [-0.3, -0.25) is 0 Å². The molecule has 1 nitrogen and oxygen atoms in total. The Morgan fingerprint density at radius 3 is 2.62 bits per heavy atom. The fraction of sp³-hybridized carbons (Fsp3) is 0.600. The third-order valence-corrected chi connectivity index (χ3v) is 4.08. The van der Waals surface area contributed by atoms with Gasteiger partial charge in [0.2, 0.25) is 0 Å². The lowest BCUT2D eigenvalue weighted by molar-refractivity contribution is 0.405. The Labute approximate surface area is 99.0 Å². The molecule has 16 heavy (non-hydrogen) atoms. The van der Waals surface area contributed by atoms with Crippen LogP contribution in [-0.4, -0.2) is 6.04 Å². The highest BCUT2D eigenvalue weighted by Crippen LogP contribution is 2.35. The molecule has 0 saturated heterocycles. The normalized spacial score (nSPS) is 26.9. The minimum absolute atomic E-state index is 0.360. The van der Waals surface area contributed by atoms with Crippen LogP contribution in [0.1, 0.15) is 38.2 Å². The number of hydrogen-bond acceptors (Lipinski definition) is 1. The molecular weight excluding hydrogens is 194 g/mol. The fourth-order valence-corrected chi connectivity index (χ4v) is 2.93. The molecule has 2 N–H and O–H groups in total. The van der Waals surface area contributed by atoms with Gasteiger partial charge in [-0.15, -0.1) is 0 Å². The molecule has 1 saturated carbocycles. The topological polar surface area (TPSA) is 26.0 Å². The van der Waals surface area contributed by atoms with Crippen molar-refractivity contribution in [1.82, 2.24) is 0 Å². The summed E-state index contributed by atoms with van der Waals surface area (Å²) in [6.07, 6.45) is 6.46. The zero-order valence-corrected chi connectivity index (χ0v) is 10.2. The average molecular weight is 217 g/mol. The van der Waals surface area contributed by atoms with E-state index in [4.69, 9.17) is 5.73 Å². The van der Waals surface area contributed by atoms with Crippen LogP contribution in [0, 0.1) is 11.8 Å². The third-order valence-electron chi connectivity index (χ3n) is 4.08. The third kappa shape index (κ3) is 2.85. The Morgan fingerprint density at radius 1 is 1.25 bits per heavy atom. The molecule has 1 aliphatic rings. The Morgan fingerprint density at radius 2 is 2.00 bits per heavy atom. The molecule has 1 aliphatic carbocycles. The predicted molar refractivity (Wildman–Crippen MR) is 69.2 cm³/mol. The van der Waals surface area contributed by atoms with Gasteiger partial charge in [0, 0.05) is 6.04 Å². The van der Waals surface area contributed by atoms with Gasteiger partial charge < -0.3 is 5.73 Å². The van der Waals surface area contributed by atoms with Crippen LogP contribution in [-0.2, 0) is 6.42 Å². The number of hydrogen-bond donors (Lipinski definition) is 1. The smallest absolute Gasteiger partial charge is 0.0108 e. The molecule has 0 aliphatic heterocycles. The number of rotatable bonds is 4. The van der Waals surface area contributed by atoms with Crippen molar-refractivity contribution in [2.45, 2.75) is 45.1 Å². The van der Waals surface area contributed by atoms with Crippen molar-refractivity contribution < 1.29 is 0 Å². The first-order chi connectivity index (χ1) is 7.79. The molecule has 1 fully saturated rings. The van der Waals surface area contributed by atoms with Crippen LogP contribution >= 0.6 is 0 Å². The van der Waals surface area contributed by atoms with Gasteiger partial charge in [-0.1, -0.05) is 50.1 Å². The summed E-state index contributed by atoms with van der Waals surface area (Å²) in [5, 5.41) is 0. The van der Waals surface area contributed by atoms with E-state index in [1.165, 1.54) is 31.2 Å². The maximum absolute atomic E-state index is 6.33. The molecule has 0 spiro atoms. The van der Waals surface area contributed by atoms with E-state index < -0.39 is 0 Å². The number of benzene rings is 1. The van der Waals surface area contributed by atoms with Gasteiger partial charge in [0.05, 0.1) is 0 Å². The molecule has 3 atom stereocenters. The molecule has 0 heterocycles. The zero-order chi connectivity index (χ0) is 11.4. The molecule has 88 valence electrons. The van der Waals surface area contributed by atoms with Crippen LogP contribution in [0.5, 0.6) is 0 Å². The summed E-state index contributed by atoms with van der Waals surface area (Å²) >= 11 is 0. The van der Waals surface area contributed by atoms with Gasteiger partial charge in [-0.2, -0.15) is 0 Å². The molecule has 3 unspecified atom stereocenters.